The van der Waals surface area contributed by atoms with Gasteiger partial charge < -0.3 is 20.6 Å². The number of unbranched alkanes of at least 4 members (excludes halogenated alkanes) is 22. The Morgan fingerprint density at radius 2 is 0.976 bits per heavy atom. The van der Waals surface area contributed by atoms with E-state index in [4.69, 9.17) is 0 Å². The first-order valence-corrected chi connectivity index (χ1v) is 18.2. The Labute approximate surface area is 261 Å². The van der Waals surface area contributed by atoms with Crippen LogP contribution < -0.4 is 5.32 Å². The molecule has 4 N–H and O–H groups in total. The highest BCUT2D eigenvalue weighted by molar-refractivity contribution is 5.80. The molecule has 3 atom stereocenters. The third-order valence-electron chi connectivity index (χ3n) is 8.29. The molecular formula is C37H71NO4. The van der Waals surface area contributed by atoms with Crippen molar-refractivity contribution >= 4 is 5.91 Å². The van der Waals surface area contributed by atoms with Gasteiger partial charge in [-0.25, -0.2) is 0 Å². The Balaban J connectivity index is 3.78. The molecule has 5 heteroatoms. The largest absolute Gasteiger partial charge is 0.394 e. The van der Waals surface area contributed by atoms with Gasteiger partial charge in [0, 0.05) is 0 Å². The Kier molecular flexibility index (Phi) is 31.8. The molecule has 0 aliphatic rings. The van der Waals surface area contributed by atoms with Gasteiger partial charge in [-0.05, 0) is 32.1 Å². The SMILES string of the molecule is CCCCCCCCCCCCCC/C=C/CC/C=C/C(O)C(CO)NC(=O)C(O)CCCCCCCCCCCC. The van der Waals surface area contributed by atoms with Crippen LogP contribution in [0.15, 0.2) is 24.3 Å². The molecule has 5 nitrogen and oxygen atoms in total. The van der Waals surface area contributed by atoms with Crippen molar-refractivity contribution in [2.45, 2.75) is 199 Å². The normalized spacial score (nSPS) is 14.1. The van der Waals surface area contributed by atoms with Crippen LogP contribution >= 0.6 is 0 Å². The van der Waals surface area contributed by atoms with E-state index < -0.39 is 24.2 Å². The van der Waals surface area contributed by atoms with E-state index in [1.54, 1.807) is 6.08 Å². The second-order valence-electron chi connectivity index (χ2n) is 12.4. The van der Waals surface area contributed by atoms with Crippen LogP contribution in [0, 0.1) is 0 Å². The van der Waals surface area contributed by atoms with Crippen LogP contribution in [0.2, 0.25) is 0 Å². The van der Waals surface area contributed by atoms with Gasteiger partial charge in [0.15, 0.2) is 0 Å². The molecule has 0 radical (unpaired) electrons. The molecule has 1 amide bonds. The zero-order valence-corrected chi connectivity index (χ0v) is 27.9. The van der Waals surface area contributed by atoms with Crippen LogP contribution in [0.1, 0.15) is 181 Å². The number of aliphatic hydroxyl groups is 3. The lowest BCUT2D eigenvalue weighted by atomic mass is 10.0. The molecule has 0 aliphatic carbocycles. The highest BCUT2D eigenvalue weighted by atomic mass is 16.3. The van der Waals surface area contributed by atoms with Crippen LogP contribution in [0.25, 0.3) is 0 Å². The minimum atomic E-state index is -1.10. The lowest BCUT2D eigenvalue weighted by molar-refractivity contribution is -0.131. The number of amides is 1. The molecule has 0 rings (SSSR count). The van der Waals surface area contributed by atoms with Gasteiger partial charge in [-0.15, -0.1) is 0 Å². The lowest BCUT2D eigenvalue weighted by Crippen LogP contribution is -2.48. The maximum atomic E-state index is 12.3. The van der Waals surface area contributed by atoms with Crippen molar-refractivity contribution in [2.24, 2.45) is 0 Å². The maximum absolute atomic E-state index is 12.3. The summed E-state index contributed by atoms with van der Waals surface area (Å²) in [4.78, 5) is 12.3. The van der Waals surface area contributed by atoms with Crippen molar-refractivity contribution < 1.29 is 20.1 Å². The van der Waals surface area contributed by atoms with Crippen LogP contribution in [0.5, 0.6) is 0 Å². The van der Waals surface area contributed by atoms with E-state index >= 15 is 0 Å². The Morgan fingerprint density at radius 1 is 0.571 bits per heavy atom. The first-order chi connectivity index (χ1) is 20.6. The van der Waals surface area contributed by atoms with Crippen LogP contribution in [-0.4, -0.2) is 46.1 Å². The molecule has 0 spiro atoms. The number of carbonyl (C=O) groups excluding carboxylic acids is 1. The van der Waals surface area contributed by atoms with E-state index in [2.05, 4.69) is 31.3 Å². The third-order valence-corrected chi connectivity index (χ3v) is 8.29. The van der Waals surface area contributed by atoms with E-state index in [-0.39, 0.29) is 6.61 Å². The third kappa shape index (κ3) is 27.7. The van der Waals surface area contributed by atoms with Gasteiger partial charge in [0.25, 0.3) is 0 Å². The zero-order valence-electron chi connectivity index (χ0n) is 27.9. The molecule has 42 heavy (non-hydrogen) atoms. The van der Waals surface area contributed by atoms with Gasteiger partial charge in [-0.2, -0.15) is 0 Å². The van der Waals surface area contributed by atoms with E-state index in [1.165, 1.54) is 122 Å². The summed E-state index contributed by atoms with van der Waals surface area (Å²) in [5.41, 5.74) is 0. The summed E-state index contributed by atoms with van der Waals surface area (Å²) in [5.74, 6) is -0.516. The number of allylic oxidation sites excluding steroid dienone is 3. The van der Waals surface area contributed by atoms with Gasteiger partial charge in [-0.3, -0.25) is 4.79 Å². The predicted molar refractivity (Wildman–Crippen MR) is 181 cm³/mol. The minimum absolute atomic E-state index is 0.374. The fraction of sp³-hybridized carbons (Fsp3) is 0.865. The van der Waals surface area contributed by atoms with E-state index in [0.717, 1.165) is 38.5 Å². The van der Waals surface area contributed by atoms with Crippen molar-refractivity contribution in [1.82, 2.24) is 5.32 Å². The summed E-state index contributed by atoms with van der Waals surface area (Å²) in [7, 11) is 0. The number of hydrogen-bond acceptors (Lipinski definition) is 4. The fourth-order valence-corrected chi connectivity index (χ4v) is 5.38. The van der Waals surface area contributed by atoms with Crippen molar-refractivity contribution in [3.8, 4) is 0 Å². The number of hydrogen-bond donors (Lipinski definition) is 4. The first-order valence-electron chi connectivity index (χ1n) is 18.2. The molecule has 3 unspecified atom stereocenters. The van der Waals surface area contributed by atoms with E-state index in [9.17, 15) is 20.1 Å². The monoisotopic (exact) mass is 594 g/mol. The van der Waals surface area contributed by atoms with Crippen LogP contribution in [0.3, 0.4) is 0 Å². The second-order valence-corrected chi connectivity index (χ2v) is 12.4. The minimum Gasteiger partial charge on any atom is -0.394 e. The van der Waals surface area contributed by atoms with Crippen molar-refractivity contribution in [1.29, 1.82) is 0 Å². The Morgan fingerprint density at radius 3 is 1.45 bits per heavy atom. The quantitative estimate of drug-likeness (QED) is 0.0462. The molecule has 0 aliphatic heterocycles. The molecular weight excluding hydrogens is 522 g/mol. The molecule has 0 fully saturated rings. The summed E-state index contributed by atoms with van der Waals surface area (Å²) in [6.07, 6.45) is 37.7. The van der Waals surface area contributed by atoms with Crippen LogP contribution in [0.4, 0.5) is 0 Å². The van der Waals surface area contributed by atoms with Gasteiger partial charge in [-0.1, -0.05) is 173 Å². The van der Waals surface area contributed by atoms with E-state index in [1.807, 2.05) is 6.08 Å². The molecule has 0 aromatic heterocycles. The Hall–Kier alpha value is -1.17. The van der Waals surface area contributed by atoms with Crippen LogP contribution in [-0.2, 0) is 4.79 Å². The van der Waals surface area contributed by atoms with Gasteiger partial charge in [0.1, 0.15) is 6.10 Å². The average molecular weight is 594 g/mol. The number of aliphatic hydroxyl groups excluding tert-OH is 3. The molecule has 0 aromatic carbocycles. The topological polar surface area (TPSA) is 89.8 Å². The van der Waals surface area contributed by atoms with Crippen molar-refractivity contribution in [3.63, 3.8) is 0 Å². The zero-order chi connectivity index (χ0) is 30.9. The number of carbonyl (C=O) groups is 1. The smallest absolute Gasteiger partial charge is 0.249 e. The second kappa shape index (κ2) is 32.7. The van der Waals surface area contributed by atoms with Crippen molar-refractivity contribution in [2.75, 3.05) is 6.61 Å². The molecule has 0 bridgehead atoms. The average Bonchev–Trinajstić information content (AvgIpc) is 2.99. The molecule has 248 valence electrons. The highest BCUT2D eigenvalue weighted by Crippen LogP contribution is 2.14. The van der Waals surface area contributed by atoms with Gasteiger partial charge in [0.05, 0.1) is 18.8 Å². The maximum Gasteiger partial charge on any atom is 0.249 e. The molecule has 0 aromatic rings. The Bertz CT molecular complexity index is 621. The standard InChI is InChI=1S/C37H71NO4/c1-3-5-7-9-11-13-15-16-17-18-19-20-21-22-24-25-27-29-31-35(40)34(33-39)38-37(42)36(41)32-30-28-26-23-14-12-10-8-6-4-2/h22,24,29,31,34-36,39-41H,3-21,23,25-28,30,32-33H2,1-2H3,(H,38,42)/b24-22+,31-29+. The predicted octanol–water partition coefficient (Wildman–Crippen LogP) is 9.48. The summed E-state index contributed by atoms with van der Waals surface area (Å²) >= 11 is 0. The first kappa shape index (κ1) is 40.8. The van der Waals surface area contributed by atoms with Gasteiger partial charge >= 0.3 is 0 Å². The molecule has 0 heterocycles. The van der Waals surface area contributed by atoms with Crippen molar-refractivity contribution in [3.05, 3.63) is 24.3 Å². The van der Waals surface area contributed by atoms with E-state index in [0.29, 0.717) is 6.42 Å². The highest BCUT2D eigenvalue weighted by Gasteiger charge is 2.22. The lowest BCUT2D eigenvalue weighted by Gasteiger charge is -2.21. The number of rotatable bonds is 32. The summed E-state index contributed by atoms with van der Waals surface area (Å²) < 4.78 is 0. The fourth-order valence-electron chi connectivity index (χ4n) is 5.38. The summed E-state index contributed by atoms with van der Waals surface area (Å²) in [5, 5.41) is 32.8. The summed E-state index contributed by atoms with van der Waals surface area (Å²) in [6, 6.07) is -0.808. The molecule has 0 saturated carbocycles. The molecule has 0 saturated heterocycles. The van der Waals surface area contributed by atoms with Gasteiger partial charge in [0.2, 0.25) is 5.91 Å². The number of nitrogens with one attached hydrogen (secondary N) is 1. The summed E-state index contributed by atoms with van der Waals surface area (Å²) in [6.45, 7) is 4.13.